The molecule has 0 unspecified atom stereocenters. The molecule has 0 saturated carbocycles. The van der Waals surface area contributed by atoms with Gasteiger partial charge in [-0.15, -0.1) is 0 Å². The maximum Gasteiger partial charge on any atom is 0.145 e. The zero-order chi connectivity index (χ0) is 13.0. The molecule has 0 atom stereocenters. The molecule has 18 heavy (non-hydrogen) atoms. The minimum atomic E-state index is -0.114. The van der Waals surface area contributed by atoms with Crippen molar-refractivity contribution >= 4 is 15.9 Å². The first-order valence-corrected chi connectivity index (χ1v) is 6.10. The molecule has 3 nitrogen and oxygen atoms in total. The van der Waals surface area contributed by atoms with Crippen molar-refractivity contribution in [2.24, 2.45) is 0 Å². The number of benzene rings is 2. The molecule has 0 amide bonds. The summed E-state index contributed by atoms with van der Waals surface area (Å²) in [6, 6.07) is 14.4. The van der Waals surface area contributed by atoms with Crippen molar-refractivity contribution in [3.63, 3.8) is 0 Å². The summed E-state index contributed by atoms with van der Waals surface area (Å²) >= 11 is 3.35. The summed E-state index contributed by atoms with van der Waals surface area (Å²) in [4.78, 5) is 0. The number of para-hydroxylation sites is 1. The molecule has 0 aliphatic rings. The van der Waals surface area contributed by atoms with Gasteiger partial charge in [-0.25, -0.2) is 0 Å². The molecule has 0 aromatic heterocycles. The van der Waals surface area contributed by atoms with Crippen molar-refractivity contribution in [3.05, 3.63) is 58.1 Å². The van der Waals surface area contributed by atoms with E-state index in [9.17, 15) is 5.11 Å². The Balaban J connectivity index is 2.40. The molecule has 2 rings (SSSR count). The highest BCUT2D eigenvalue weighted by atomic mass is 79.9. The highest BCUT2D eigenvalue weighted by Crippen LogP contribution is 2.30. The Morgan fingerprint density at radius 3 is 2.67 bits per heavy atom. The van der Waals surface area contributed by atoms with Crippen LogP contribution in [0.2, 0.25) is 0 Å². The summed E-state index contributed by atoms with van der Waals surface area (Å²) in [6.07, 6.45) is 0. The molecule has 0 spiro atoms. The smallest absolute Gasteiger partial charge is 0.145 e. The van der Waals surface area contributed by atoms with Crippen LogP contribution >= 0.6 is 15.9 Å². The van der Waals surface area contributed by atoms with Crippen LogP contribution in [0.4, 0.5) is 0 Å². The largest absolute Gasteiger partial charge is 0.456 e. The molecule has 0 fully saturated rings. The summed E-state index contributed by atoms with van der Waals surface area (Å²) in [7, 11) is 0. The van der Waals surface area contributed by atoms with E-state index < -0.39 is 0 Å². The van der Waals surface area contributed by atoms with Crippen molar-refractivity contribution in [2.45, 2.75) is 6.61 Å². The minimum Gasteiger partial charge on any atom is -0.456 e. The second-order valence-corrected chi connectivity index (χ2v) is 4.54. The maximum absolute atomic E-state index is 9.25. The van der Waals surface area contributed by atoms with Crippen molar-refractivity contribution < 1.29 is 9.84 Å². The van der Waals surface area contributed by atoms with Gasteiger partial charge in [0.2, 0.25) is 0 Å². The second kappa shape index (κ2) is 5.67. The molecular formula is C14H10BrNO2. The predicted molar refractivity (Wildman–Crippen MR) is 71.3 cm³/mol. The van der Waals surface area contributed by atoms with Crippen molar-refractivity contribution in [1.29, 1.82) is 5.26 Å². The van der Waals surface area contributed by atoms with E-state index in [0.29, 0.717) is 22.6 Å². The number of halogens is 1. The zero-order valence-electron chi connectivity index (χ0n) is 9.43. The fraction of sp³-hybridized carbons (Fsp3) is 0.0714. The Hall–Kier alpha value is -1.83. The molecule has 0 heterocycles. The fourth-order valence-corrected chi connectivity index (χ4v) is 1.86. The standard InChI is InChI=1S/C14H10BrNO2/c15-12-6-5-11(9-17)14(7-12)18-13-4-2-1-3-10(13)8-16/h1-7,17H,9H2. The maximum atomic E-state index is 9.25. The van der Waals surface area contributed by atoms with Gasteiger partial charge >= 0.3 is 0 Å². The number of hydrogen-bond donors (Lipinski definition) is 1. The number of rotatable bonds is 3. The van der Waals surface area contributed by atoms with E-state index in [-0.39, 0.29) is 6.61 Å². The quantitative estimate of drug-likeness (QED) is 0.942. The lowest BCUT2D eigenvalue weighted by Gasteiger charge is -2.11. The Morgan fingerprint density at radius 1 is 1.17 bits per heavy atom. The summed E-state index contributed by atoms with van der Waals surface area (Å²) in [5.74, 6) is 1.02. The van der Waals surface area contributed by atoms with Crippen LogP contribution in [0.15, 0.2) is 46.9 Å². The molecule has 0 radical (unpaired) electrons. The Morgan fingerprint density at radius 2 is 1.94 bits per heavy atom. The van der Waals surface area contributed by atoms with Crippen LogP contribution in [0.1, 0.15) is 11.1 Å². The first kappa shape index (κ1) is 12.6. The number of aliphatic hydroxyl groups is 1. The van der Waals surface area contributed by atoms with Crippen LogP contribution in [-0.2, 0) is 6.61 Å². The van der Waals surface area contributed by atoms with Gasteiger partial charge in [-0.05, 0) is 24.3 Å². The average Bonchev–Trinajstić information content (AvgIpc) is 2.40. The van der Waals surface area contributed by atoms with Gasteiger partial charge in [0.1, 0.15) is 17.6 Å². The van der Waals surface area contributed by atoms with E-state index >= 15 is 0 Å². The third-order valence-electron chi connectivity index (χ3n) is 2.43. The minimum absolute atomic E-state index is 0.114. The zero-order valence-corrected chi connectivity index (χ0v) is 11.0. The van der Waals surface area contributed by atoms with Gasteiger partial charge in [-0.1, -0.05) is 34.1 Å². The van der Waals surface area contributed by atoms with Crippen molar-refractivity contribution in [2.75, 3.05) is 0 Å². The molecule has 1 N–H and O–H groups in total. The van der Waals surface area contributed by atoms with E-state index in [0.717, 1.165) is 4.47 Å². The average molecular weight is 304 g/mol. The molecule has 90 valence electrons. The van der Waals surface area contributed by atoms with Crippen LogP contribution in [0.3, 0.4) is 0 Å². The number of nitriles is 1. The number of aliphatic hydroxyl groups excluding tert-OH is 1. The summed E-state index contributed by atoms with van der Waals surface area (Å²) in [6.45, 7) is -0.114. The third-order valence-corrected chi connectivity index (χ3v) is 2.92. The lowest BCUT2D eigenvalue weighted by atomic mass is 10.2. The molecule has 4 heteroatoms. The van der Waals surface area contributed by atoms with E-state index in [4.69, 9.17) is 10.00 Å². The normalized spacial score (nSPS) is 9.83. The molecule has 0 saturated heterocycles. The van der Waals surface area contributed by atoms with Gasteiger partial charge in [-0.2, -0.15) is 5.26 Å². The van der Waals surface area contributed by atoms with Crippen molar-refractivity contribution in [1.82, 2.24) is 0 Å². The molecule has 0 aliphatic carbocycles. The van der Waals surface area contributed by atoms with Gasteiger partial charge in [0.05, 0.1) is 12.2 Å². The van der Waals surface area contributed by atoms with Crippen LogP contribution in [0, 0.1) is 11.3 Å². The van der Waals surface area contributed by atoms with Crippen LogP contribution < -0.4 is 4.74 Å². The lowest BCUT2D eigenvalue weighted by Crippen LogP contribution is -1.93. The van der Waals surface area contributed by atoms with E-state index in [1.165, 1.54) is 0 Å². The molecule has 0 bridgehead atoms. The van der Waals surface area contributed by atoms with E-state index in [2.05, 4.69) is 22.0 Å². The Bertz CT molecular complexity index is 605. The van der Waals surface area contributed by atoms with Crippen molar-refractivity contribution in [3.8, 4) is 17.6 Å². The topological polar surface area (TPSA) is 53.2 Å². The molecule has 2 aromatic carbocycles. The van der Waals surface area contributed by atoms with Crippen LogP contribution in [0.5, 0.6) is 11.5 Å². The fourth-order valence-electron chi connectivity index (χ4n) is 1.52. The van der Waals surface area contributed by atoms with E-state index in [1.54, 1.807) is 36.4 Å². The first-order chi connectivity index (χ1) is 8.74. The number of hydrogen-bond acceptors (Lipinski definition) is 3. The Kier molecular flexibility index (Phi) is 3.98. The predicted octanol–water partition coefficient (Wildman–Crippen LogP) is 3.61. The number of nitrogens with zero attached hydrogens (tertiary/aromatic N) is 1. The van der Waals surface area contributed by atoms with E-state index in [1.807, 2.05) is 6.07 Å². The molecule has 0 aliphatic heterocycles. The lowest BCUT2D eigenvalue weighted by molar-refractivity contribution is 0.276. The summed E-state index contributed by atoms with van der Waals surface area (Å²) in [5, 5.41) is 18.2. The molecule has 2 aromatic rings. The number of ether oxygens (including phenoxy) is 1. The summed E-state index contributed by atoms with van der Waals surface area (Å²) in [5.41, 5.74) is 1.13. The SMILES string of the molecule is N#Cc1ccccc1Oc1cc(Br)ccc1CO. The monoisotopic (exact) mass is 303 g/mol. The molecular weight excluding hydrogens is 294 g/mol. The van der Waals surface area contributed by atoms with Crippen LogP contribution in [-0.4, -0.2) is 5.11 Å². The Labute approximate surface area is 113 Å². The van der Waals surface area contributed by atoms with Gasteiger partial charge in [0.25, 0.3) is 0 Å². The van der Waals surface area contributed by atoms with Crippen LogP contribution in [0.25, 0.3) is 0 Å². The third kappa shape index (κ3) is 2.70. The highest BCUT2D eigenvalue weighted by Gasteiger charge is 2.08. The summed E-state index contributed by atoms with van der Waals surface area (Å²) < 4.78 is 6.54. The van der Waals surface area contributed by atoms with Gasteiger partial charge < -0.3 is 9.84 Å². The second-order valence-electron chi connectivity index (χ2n) is 3.62. The van der Waals surface area contributed by atoms with Gasteiger partial charge in [-0.3, -0.25) is 0 Å². The first-order valence-electron chi connectivity index (χ1n) is 5.31. The van der Waals surface area contributed by atoms with Gasteiger partial charge in [0, 0.05) is 10.0 Å². The highest BCUT2D eigenvalue weighted by molar-refractivity contribution is 9.10. The van der Waals surface area contributed by atoms with Gasteiger partial charge in [0.15, 0.2) is 0 Å².